The first kappa shape index (κ1) is 12.7. The van der Waals surface area contributed by atoms with Crippen LogP contribution in [0.1, 0.15) is 32.6 Å². The van der Waals surface area contributed by atoms with Crippen LogP contribution in [-0.2, 0) is 9.59 Å². The number of amides is 1. The van der Waals surface area contributed by atoms with Gasteiger partial charge >= 0.3 is 5.97 Å². The van der Waals surface area contributed by atoms with E-state index < -0.39 is 11.4 Å². The van der Waals surface area contributed by atoms with Crippen LogP contribution in [-0.4, -0.2) is 35.0 Å². The molecule has 16 heavy (non-hydrogen) atoms. The molecule has 0 aromatic carbocycles. The summed E-state index contributed by atoms with van der Waals surface area (Å²) in [5, 5.41) is 9.30. The van der Waals surface area contributed by atoms with E-state index in [4.69, 9.17) is 0 Å². The second-order valence-electron chi connectivity index (χ2n) is 4.42. The minimum atomic E-state index is -0.738. The largest absolute Gasteiger partial charge is 0.481 e. The highest BCUT2D eigenvalue weighted by Gasteiger charge is 2.41. The lowest BCUT2D eigenvalue weighted by Gasteiger charge is -2.38. The number of carbonyl (C=O) groups excluding carboxylic acids is 1. The monoisotopic (exact) mass is 225 g/mol. The first-order chi connectivity index (χ1) is 7.52. The molecule has 1 fully saturated rings. The predicted molar refractivity (Wildman–Crippen MR) is 61.0 cm³/mol. The van der Waals surface area contributed by atoms with Crippen LogP contribution in [0.2, 0.25) is 0 Å². The van der Waals surface area contributed by atoms with Crippen molar-refractivity contribution in [3.63, 3.8) is 0 Å². The normalized spacial score (nSPS) is 19.2. The Morgan fingerprint density at radius 2 is 2.00 bits per heavy atom. The molecule has 0 saturated carbocycles. The zero-order valence-corrected chi connectivity index (χ0v) is 9.74. The Morgan fingerprint density at radius 3 is 2.38 bits per heavy atom. The number of rotatable bonds is 4. The summed E-state index contributed by atoms with van der Waals surface area (Å²) in [7, 11) is 0. The zero-order valence-electron chi connectivity index (χ0n) is 9.74. The summed E-state index contributed by atoms with van der Waals surface area (Å²) in [5.74, 6) is -0.708. The van der Waals surface area contributed by atoms with E-state index in [9.17, 15) is 14.7 Å². The number of likely N-dealkylation sites (tertiary alicyclic amines) is 1. The van der Waals surface area contributed by atoms with Crippen molar-refractivity contribution in [3.8, 4) is 0 Å². The molecule has 0 radical (unpaired) electrons. The molecule has 0 bridgehead atoms. The van der Waals surface area contributed by atoms with Gasteiger partial charge in [0, 0.05) is 20.0 Å². The molecule has 1 saturated heterocycles. The highest BCUT2D eigenvalue weighted by molar-refractivity contribution is 5.76. The van der Waals surface area contributed by atoms with Gasteiger partial charge in [-0.3, -0.25) is 9.59 Å². The van der Waals surface area contributed by atoms with Crippen molar-refractivity contribution in [2.45, 2.75) is 32.6 Å². The lowest BCUT2D eigenvalue weighted by Crippen LogP contribution is -2.45. The molecule has 1 heterocycles. The Balaban J connectivity index is 2.65. The molecular weight excluding hydrogens is 206 g/mol. The molecule has 4 heteroatoms. The minimum Gasteiger partial charge on any atom is -0.481 e. The summed E-state index contributed by atoms with van der Waals surface area (Å²) < 4.78 is 0. The number of carboxylic acid groups (broad SMARTS) is 1. The Kier molecular flexibility index (Phi) is 4.10. The van der Waals surface area contributed by atoms with E-state index in [0.29, 0.717) is 38.8 Å². The highest BCUT2D eigenvalue weighted by atomic mass is 16.4. The van der Waals surface area contributed by atoms with Gasteiger partial charge < -0.3 is 10.0 Å². The summed E-state index contributed by atoms with van der Waals surface area (Å²) in [6, 6.07) is 0. The average molecular weight is 225 g/mol. The number of piperidine rings is 1. The van der Waals surface area contributed by atoms with Crippen LogP contribution < -0.4 is 0 Å². The zero-order chi connectivity index (χ0) is 12.2. The topological polar surface area (TPSA) is 57.6 Å². The van der Waals surface area contributed by atoms with Crippen molar-refractivity contribution in [2.24, 2.45) is 5.41 Å². The van der Waals surface area contributed by atoms with Gasteiger partial charge in [-0.05, 0) is 25.7 Å². The van der Waals surface area contributed by atoms with Crippen LogP contribution >= 0.6 is 0 Å². The van der Waals surface area contributed by atoms with Gasteiger partial charge in [-0.15, -0.1) is 6.58 Å². The predicted octanol–water partition coefficient (Wildman–Crippen LogP) is 1.67. The number of hydrogen-bond acceptors (Lipinski definition) is 2. The maximum absolute atomic E-state index is 11.3. The number of nitrogens with zero attached hydrogens (tertiary/aromatic N) is 1. The molecule has 90 valence electrons. The minimum absolute atomic E-state index is 0.0303. The molecule has 1 amide bonds. The fourth-order valence-corrected chi connectivity index (χ4v) is 2.20. The second kappa shape index (κ2) is 5.14. The van der Waals surface area contributed by atoms with Crippen LogP contribution in [0.4, 0.5) is 0 Å². The Labute approximate surface area is 95.9 Å². The quantitative estimate of drug-likeness (QED) is 0.740. The van der Waals surface area contributed by atoms with Crippen molar-refractivity contribution in [1.82, 2.24) is 4.90 Å². The number of allylic oxidation sites excluding steroid dienone is 1. The Hall–Kier alpha value is -1.32. The van der Waals surface area contributed by atoms with E-state index in [0.717, 1.165) is 0 Å². The van der Waals surface area contributed by atoms with E-state index >= 15 is 0 Å². The third kappa shape index (κ3) is 2.62. The van der Waals surface area contributed by atoms with Gasteiger partial charge in [0.1, 0.15) is 0 Å². The summed E-state index contributed by atoms with van der Waals surface area (Å²) >= 11 is 0. The second-order valence-corrected chi connectivity index (χ2v) is 4.42. The summed E-state index contributed by atoms with van der Waals surface area (Å²) in [6.07, 6.45) is 4.19. The van der Waals surface area contributed by atoms with Gasteiger partial charge in [0.2, 0.25) is 5.91 Å². The molecule has 1 aliphatic heterocycles. The van der Waals surface area contributed by atoms with E-state index in [1.54, 1.807) is 11.0 Å². The number of carbonyl (C=O) groups is 2. The molecule has 1 aliphatic rings. The highest BCUT2D eigenvalue weighted by Crippen LogP contribution is 2.36. The Bertz CT molecular complexity index is 291. The maximum atomic E-state index is 11.3. The SMILES string of the molecule is C=CCCC1(C(=O)O)CCN(C(C)=O)CC1. The van der Waals surface area contributed by atoms with E-state index in [1.165, 1.54) is 6.92 Å². The molecular formula is C12H19NO3. The van der Waals surface area contributed by atoms with Crippen molar-refractivity contribution in [1.29, 1.82) is 0 Å². The third-order valence-corrected chi connectivity index (χ3v) is 3.45. The van der Waals surface area contributed by atoms with Gasteiger partial charge in [-0.1, -0.05) is 6.08 Å². The summed E-state index contributed by atoms with van der Waals surface area (Å²) in [5.41, 5.74) is -0.653. The van der Waals surface area contributed by atoms with Gasteiger partial charge in [-0.2, -0.15) is 0 Å². The maximum Gasteiger partial charge on any atom is 0.309 e. The number of hydrogen-bond donors (Lipinski definition) is 1. The molecule has 1 N–H and O–H groups in total. The standard InChI is InChI=1S/C12H19NO3/c1-3-4-5-12(11(15)16)6-8-13(9-7-12)10(2)14/h3H,1,4-9H2,2H3,(H,15,16). The van der Waals surface area contributed by atoms with Crippen LogP contribution in [0.15, 0.2) is 12.7 Å². The third-order valence-electron chi connectivity index (χ3n) is 3.45. The fourth-order valence-electron chi connectivity index (χ4n) is 2.20. The van der Waals surface area contributed by atoms with Crippen LogP contribution in [0.3, 0.4) is 0 Å². The molecule has 0 aliphatic carbocycles. The van der Waals surface area contributed by atoms with Gasteiger partial charge in [-0.25, -0.2) is 0 Å². The number of carboxylic acids is 1. The van der Waals surface area contributed by atoms with E-state index in [2.05, 4.69) is 6.58 Å². The van der Waals surface area contributed by atoms with E-state index in [-0.39, 0.29) is 5.91 Å². The van der Waals surface area contributed by atoms with Crippen molar-refractivity contribution >= 4 is 11.9 Å². The fraction of sp³-hybridized carbons (Fsp3) is 0.667. The lowest BCUT2D eigenvalue weighted by atomic mass is 9.75. The van der Waals surface area contributed by atoms with E-state index in [1.807, 2.05) is 0 Å². The number of aliphatic carboxylic acids is 1. The van der Waals surface area contributed by atoms with Gasteiger partial charge in [0.15, 0.2) is 0 Å². The molecule has 1 rings (SSSR count). The first-order valence-electron chi connectivity index (χ1n) is 5.62. The van der Waals surface area contributed by atoms with Crippen molar-refractivity contribution in [2.75, 3.05) is 13.1 Å². The van der Waals surface area contributed by atoms with Crippen molar-refractivity contribution in [3.05, 3.63) is 12.7 Å². The van der Waals surface area contributed by atoms with Gasteiger partial charge in [0.25, 0.3) is 0 Å². The van der Waals surface area contributed by atoms with Gasteiger partial charge in [0.05, 0.1) is 5.41 Å². The molecule has 0 aromatic heterocycles. The van der Waals surface area contributed by atoms with Crippen LogP contribution in [0.5, 0.6) is 0 Å². The van der Waals surface area contributed by atoms with Crippen LogP contribution in [0.25, 0.3) is 0 Å². The molecule has 0 atom stereocenters. The molecule has 4 nitrogen and oxygen atoms in total. The average Bonchev–Trinajstić information content (AvgIpc) is 2.26. The molecule has 0 spiro atoms. The lowest BCUT2D eigenvalue weighted by molar-refractivity contribution is -0.154. The molecule has 0 unspecified atom stereocenters. The smallest absolute Gasteiger partial charge is 0.309 e. The van der Waals surface area contributed by atoms with Crippen molar-refractivity contribution < 1.29 is 14.7 Å². The first-order valence-corrected chi connectivity index (χ1v) is 5.62. The van der Waals surface area contributed by atoms with Crippen LogP contribution in [0, 0.1) is 5.41 Å². The summed E-state index contributed by atoms with van der Waals surface area (Å²) in [4.78, 5) is 24.2. The Morgan fingerprint density at radius 1 is 1.44 bits per heavy atom. The molecule has 0 aromatic rings. The summed E-state index contributed by atoms with van der Waals surface area (Å²) in [6.45, 7) is 6.26.